The fourth-order valence-corrected chi connectivity index (χ4v) is 3.79. The highest BCUT2D eigenvalue weighted by molar-refractivity contribution is 5.74. The van der Waals surface area contributed by atoms with Crippen LogP contribution < -0.4 is 0 Å². The van der Waals surface area contributed by atoms with Crippen LogP contribution >= 0.6 is 0 Å². The van der Waals surface area contributed by atoms with E-state index < -0.39 is 73.6 Å². The lowest BCUT2D eigenvalue weighted by atomic mass is 9.82. The van der Waals surface area contributed by atoms with Gasteiger partial charge in [-0.3, -0.25) is 4.89 Å². The zero-order valence-corrected chi connectivity index (χ0v) is 15.0. The van der Waals surface area contributed by atoms with E-state index in [1.54, 1.807) is 6.92 Å². The number of carbonyl (C=O) groups excluding carboxylic acids is 1. The molecule has 1 saturated carbocycles. The first-order valence-corrected chi connectivity index (χ1v) is 8.90. The SMILES string of the molecule is CCOC1C(CO)OC(OC2C(O)C(O)C3OC3C2C(=O)OOC)C[C@H]1O. The van der Waals surface area contributed by atoms with Gasteiger partial charge in [-0.05, 0) is 6.92 Å². The maximum absolute atomic E-state index is 12.2. The van der Waals surface area contributed by atoms with Crippen molar-refractivity contribution in [1.82, 2.24) is 0 Å². The first kappa shape index (κ1) is 20.8. The molecule has 1 aliphatic carbocycles. The van der Waals surface area contributed by atoms with Crippen LogP contribution in [0.4, 0.5) is 0 Å². The first-order valence-electron chi connectivity index (χ1n) is 8.90. The lowest BCUT2D eigenvalue weighted by Gasteiger charge is -2.42. The molecule has 2 aliphatic heterocycles. The van der Waals surface area contributed by atoms with Gasteiger partial charge in [0.15, 0.2) is 6.29 Å². The molecule has 2 heterocycles. The number of aliphatic hydroxyl groups is 4. The molecule has 10 atom stereocenters. The number of carbonyl (C=O) groups is 1. The van der Waals surface area contributed by atoms with Gasteiger partial charge in [0, 0.05) is 13.0 Å². The molecule has 4 N–H and O–H groups in total. The van der Waals surface area contributed by atoms with Gasteiger partial charge in [-0.15, -0.1) is 0 Å². The molecule has 0 aromatic heterocycles. The van der Waals surface area contributed by atoms with Gasteiger partial charge in [0.2, 0.25) is 0 Å². The van der Waals surface area contributed by atoms with Crippen molar-refractivity contribution in [1.29, 1.82) is 0 Å². The van der Waals surface area contributed by atoms with Crippen molar-refractivity contribution in [3.8, 4) is 0 Å². The van der Waals surface area contributed by atoms with Crippen molar-refractivity contribution in [2.24, 2.45) is 5.92 Å². The van der Waals surface area contributed by atoms with Gasteiger partial charge in [0.05, 0.1) is 19.8 Å². The van der Waals surface area contributed by atoms with E-state index in [1.807, 2.05) is 0 Å². The minimum absolute atomic E-state index is 0.0124. The molecule has 3 rings (SSSR count). The van der Waals surface area contributed by atoms with Crippen LogP contribution in [0, 0.1) is 5.92 Å². The Labute approximate surface area is 155 Å². The number of rotatable bonds is 7. The first-order chi connectivity index (χ1) is 12.9. The molecular weight excluding hydrogens is 368 g/mol. The molecule has 11 heteroatoms. The number of aliphatic hydroxyl groups excluding tert-OH is 4. The van der Waals surface area contributed by atoms with Crippen molar-refractivity contribution in [2.75, 3.05) is 20.3 Å². The Morgan fingerprint density at radius 1 is 1.11 bits per heavy atom. The van der Waals surface area contributed by atoms with Crippen LogP contribution in [0.15, 0.2) is 0 Å². The fraction of sp³-hybridized carbons (Fsp3) is 0.938. The van der Waals surface area contributed by atoms with Crippen LogP contribution in [-0.2, 0) is 33.5 Å². The summed E-state index contributed by atoms with van der Waals surface area (Å²) in [6.45, 7) is 1.66. The maximum atomic E-state index is 12.2. The van der Waals surface area contributed by atoms with E-state index in [1.165, 1.54) is 0 Å². The van der Waals surface area contributed by atoms with Crippen molar-refractivity contribution < 1.29 is 53.9 Å². The Bertz CT molecular complexity index is 517. The van der Waals surface area contributed by atoms with E-state index in [-0.39, 0.29) is 6.42 Å². The quantitative estimate of drug-likeness (QED) is 0.205. The van der Waals surface area contributed by atoms with Gasteiger partial charge in [-0.2, -0.15) is 4.89 Å². The van der Waals surface area contributed by atoms with E-state index in [4.69, 9.17) is 18.9 Å². The summed E-state index contributed by atoms with van der Waals surface area (Å²) < 4.78 is 22.0. The highest BCUT2D eigenvalue weighted by atomic mass is 17.2. The Kier molecular flexibility index (Phi) is 6.66. The summed E-state index contributed by atoms with van der Waals surface area (Å²) in [5.74, 6) is -1.87. The topological polar surface area (TPSA) is 157 Å². The predicted octanol–water partition coefficient (Wildman–Crippen LogP) is -2.53. The second kappa shape index (κ2) is 8.64. The standard InChI is InChI=1S/C16H26O11/c1-3-23-12-6(18)4-8(24-7(12)5-17)25-13-9(16(21)27-22-2)14-15(26-14)11(20)10(13)19/h6-15,17-20H,3-5H2,1-2H3/t6-,7?,8?,9?,10?,11?,12?,13?,14?,15?/m1/s1. The third-order valence-corrected chi connectivity index (χ3v) is 5.08. The zero-order valence-electron chi connectivity index (χ0n) is 15.0. The lowest BCUT2D eigenvalue weighted by Crippen LogP contribution is -2.58. The molecule has 3 aliphatic rings. The van der Waals surface area contributed by atoms with Crippen molar-refractivity contribution in [2.45, 2.75) is 68.5 Å². The molecular formula is C16H26O11. The highest BCUT2D eigenvalue weighted by Gasteiger charge is 2.64. The van der Waals surface area contributed by atoms with Crippen LogP contribution in [0.5, 0.6) is 0 Å². The molecule has 0 bridgehead atoms. The van der Waals surface area contributed by atoms with E-state index in [0.29, 0.717) is 6.61 Å². The van der Waals surface area contributed by atoms with Gasteiger partial charge in [0.25, 0.3) is 0 Å². The van der Waals surface area contributed by atoms with Gasteiger partial charge >= 0.3 is 5.97 Å². The molecule has 11 nitrogen and oxygen atoms in total. The van der Waals surface area contributed by atoms with E-state index in [2.05, 4.69) is 9.78 Å². The number of epoxide rings is 1. The van der Waals surface area contributed by atoms with Crippen LogP contribution in [0.25, 0.3) is 0 Å². The average molecular weight is 394 g/mol. The Hall–Kier alpha value is -0.890. The second-order valence-electron chi connectivity index (χ2n) is 6.75. The number of hydrogen-bond donors (Lipinski definition) is 4. The lowest BCUT2D eigenvalue weighted by molar-refractivity contribution is -0.300. The molecule has 0 spiro atoms. The number of ether oxygens (including phenoxy) is 4. The van der Waals surface area contributed by atoms with Crippen molar-refractivity contribution in [3.05, 3.63) is 0 Å². The molecule has 9 unspecified atom stereocenters. The van der Waals surface area contributed by atoms with E-state index in [0.717, 1.165) is 7.11 Å². The van der Waals surface area contributed by atoms with Crippen LogP contribution in [0.2, 0.25) is 0 Å². The van der Waals surface area contributed by atoms with E-state index >= 15 is 0 Å². The van der Waals surface area contributed by atoms with Gasteiger partial charge < -0.3 is 39.4 Å². The monoisotopic (exact) mass is 394 g/mol. The molecule has 3 fully saturated rings. The molecule has 0 radical (unpaired) electrons. The van der Waals surface area contributed by atoms with Gasteiger partial charge in [-0.25, -0.2) is 4.79 Å². The largest absolute Gasteiger partial charge is 0.394 e. The van der Waals surface area contributed by atoms with Crippen LogP contribution in [0.3, 0.4) is 0 Å². The summed E-state index contributed by atoms with van der Waals surface area (Å²) in [6, 6.07) is 0. The van der Waals surface area contributed by atoms with Crippen LogP contribution in [-0.4, -0.2) is 102 Å². The average Bonchev–Trinajstić information content (AvgIpc) is 3.42. The summed E-state index contributed by atoms with van der Waals surface area (Å²) in [6.07, 6.45) is -8.91. The fourth-order valence-electron chi connectivity index (χ4n) is 3.79. The second-order valence-corrected chi connectivity index (χ2v) is 6.75. The van der Waals surface area contributed by atoms with Crippen LogP contribution in [0.1, 0.15) is 13.3 Å². The summed E-state index contributed by atoms with van der Waals surface area (Å²) in [7, 11) is 1.16. The molecule has 156 valence electrons. The molecule has 27 heavy (non-hydrogen) atoms. The van der Waals surface area contributed by atoms with Crippen molar-refractivity contribution >= 4 is 5.97 Å². The highest BCUT2D eigenvalue weighted by Crippen LogP contribution is 2.44. The minimum atomic E-state index is -1.44. The maximum Gasteiger partial charge on any atom is 0.350 e. The summed E-state index contributed by atoms with van der Waals surface area (Å²) in [5.41, 5.74) is 0. The summed E-state index contributed by atoms with van der Waals surface area (Å²) in [4.78, 5) is 21.2. The summed E-state index contributed by atoms with van der Waals surface area (Å²) in [5, 5.41) is 40.3. The Balaban J connectivity index is 1.72. The molecule has 0 aromatic carbocycles. The van der Waals surface area contributed by atoms with Gasteiger partial charge in [-0.1, -0.05) is 0 Å². The molecule has 2 saturated heterocycles. The predicted molar refractivity (Wildman–Crippen MR) is 83.9 cm³/mol. The summed E-state index contributed by atoms with van der Waals surface area (Å²) >= 11 is 0. The van der Waals surface area contributed by atoms with E-state index in [9.17, 15) is 25.2 Å². The van der Waals surface area contributed by atoms with Gasteiger partial charge in [0.1, 0.15) is 48.6 Å². The third-order valence-electron chi connectivity index (χ3n) is 5.08. The normalized spacial score (nSPS) is 46.6. The number of fused-ring (bicyclic) bond motifs is 1. The molecule has 0 aromatic rings. The number of hydrogen-bond acceptors (Lipinski definition) is 11. The Morgan fingerprint density at radius 3 is 2.48 bits per heavy atom. The third kappa shape index (κ3) is 4.11. The van der Waals surface area contributed by atoms with Crippen molar-refractivity contribution in [3.63, 3.8) is 0 Å². The minimum Gasteiger partial charge on any atom is -0.394 e. The smallest absolute Gasteiger partial charge is 0.350 e. The Morgan fingerprint density at radius 2 is 1.85 bits per heavy atom. The molecule has 0 amide bonds. The zero-order chi connectivity index (χ0) is 19.7.